The van der Waals surface area contributed by atoms with E-state index >= 15 is 0 Å². The summed E-state index contributed by atoms with van der Waals surface area (Å²) in [7, 11) is 0. The Morgan fingerprint density at radius 2 is 2.18 bits per heavy atom. The van der Waals surface area contributed by atoms with Crippen molar-refractivity contribution in [2.75, 3.05) is 13.2 Å². The molecule has 1 heterocycles. The molecule has 0 aromatic heterocycles. The fourth-order valence-electron chi connectivity index (χ4n) is 2.24. The first-order chi connectivity index (χ1) is 7.95. The van der Waals surface area contributed by atoms with Crippen LogP contribution in [0.4, 0.5) is 0 Å². The SMILES string of the molecule is CC(C)(C)C(CCO)NC1CCCCNC1=O. The van der Waals surface area contributed by atoms with Gasteiger partial charge in [-0.15, -0.1) is 0 Å². The molecule has 1 fully saturated rings. The maximum absolute atomic E-state index is 11.8. The third-order valence-corrected chi connectivity index (χ3v) is 3.40. The van der Waals surface area contributed by atoms with E-state index in [9.17, 15) is 4.79 Å². The van der Waals surface area contributed by atoms with E-state index in [1.165, 1.54) is 0 Å². The lowest BCUT2D eigenvalue weighted by Crippen LogP contribution is -2.51. The Morgan fingerprint density at radius 1 is 1.47 bits per heavy atom. The largest absolute Gasteiger partial charge is 0.396 e. The highest BCUT2D eigenvalue weighted by atomic mass is 16.3. The molecule has 0 aromatic rings. The van der Waals surface area contributed by atoms with E-state index in [2.05, 4.69) is 31.4 Å². The van der Waals surface area contributed by atoms with E-state index in [1.807, 2.05) is 0 Å². The van der Waals surface area contributed by atoms with E-state index in [0.29, 0.717) is 6.42 Å². The normalized spacial score (nSPS) is 24.0. The molecule has 4 nitrogen and oxygen atoms in total. The fourth-order valence-corrected chi connectivity index (χ4v) is 2.24. The van der Waals surface area contributed by atoms with Gasteiger partial charge in [0.25, 0.3) is 0 Å². The molecule has 4 heteroatoms. The monoisotopic (exact) mass is 242 g/mol. The molecule has 0 aromatic carbocycles. The van der Waals surface area contributed by atoms with Crippen molar-refractivity contribution in [2.45, 2.75) is 58.5 Å². The molecule has 0 saturated carbocycles. The van der Waals surface area contributed by atoms with Crippen LogP contribution in [0.15, 0.2) is 0 Å². The fraction of sp³-hybridized carbons (Fsp3) is 0.923. The topological polar surface area (TPSA) is 61.4 Å². The Bertz CT molecular complexity index is 248. The minimum atomic E-state index is -0.103. The average Bonchev–Trinajstić information content (AvgIpc) is 2.42. The van der Waals surface area contributed by atoms with Gasteiger partial charge in [0.05, 0.1) is 6.04 Å². The molecule has 1 rings (SSSR count). The first-order valence-corrected chi connectivity index (χ1v) is 6.60. The number of nitrogens with one attached hydrogen (secondary N) is 2. The first kappa shape index (κ1) is 14.5. The molecule has 1 saturated heterocycles. The summed E-state index contributed by atoms with van der Waals surface area (Å²) < 4.78 is 0. The third kappa shape index (κ3) is 4.64. The molecule has 17 heavy (non-hydrogen) atoms. The zero-order valence-electron chi connectivity index (χ0n) is 11.3. The van der Waals surface area contributed by atoms with Gasteiger partial charge in [0.15, 0.2) is 0 Å². The number of amides is 1. The van der Waals surface area contributed by atoms with Gasteiger partial charge >= 0.3 is 0 Å². The van der Waals surface area contributed by atoms with Crippen LogP contribution in [0.1, 0.15) is 46.5 Å². The molecule has 0 bridgehead atoms. The number of carbonyl (C=O) groups excluding carboxylic acids is 1. The van der Waals surface area contributed by atoms with Crippen LogP contribution in [0.25, 0.3) is 0 Å². The summed E-state index contributed by atoms with van der Waals surface area (Å²) in [6.45, 7) is 7.35. The molecule has 1 aliphatic heterocycles. The molecule has 2 unspecified atom stereocenters. The number of hydrogen-bond donors (Lipinski definition) is 3. The van der Waals surface area contributed by atoms with Crippen LogP contribution in [-0.4, -0.2) is 36.2 Å². The van der Waals surface area contributed by atoms with E-state index in [4.69, 9.17) is 5.11 Å². The lowest BCUT2D eigenvalue weighted by molar-refractivity contribution is -0.123. The lowest BCUT2D eigenvalue weighted by Gasteiger charge is -2.34. The second-order valence-corrected chi connectivity index (χ2v) is 5.94. The quantitative estimate of drug-likeness (QED) is 0.690. The van der Waals surface area contributed by atoms with E-state index in [0.717, 1.165) is 25.8 Å². The van der Waals surface area contributed by atoms with Gasteiger partial charge in [-0.2, -0.15) is 0 Å². The number of hydrogen-bond acceptors (Lipinski definition) is 3. The number of rotatable bonds is 4. The Morgan fingerprint density at radius 3 is 2.76 bits per heavy atom. The van der Waals surface area contributed by atoms with Crippen molar-refractivity contribution >= 4 is 5.91 Å². The van der Waals surface area contributed by atoms with Crippen molar-refractivity contribution < 1.29 is 9.90 Å². The molecule has 3 N–H and O–H groups in total. The maximum atomic E-state index is 11.8. The zero-order valence-corrected chi connectivity index (χ0v) is 11.3. The zero-order chi connectivity index (χ0) is 12.9. The van der Waals surface area contributed by atoms with Gasteiger partial charge in [-0.05, 0) is 31.1 Å². The summed E-state index contributed by atoms with van der Waals surface area (Å²) in [6, 6.07) is 0.0645. The molecule has 0 aliphatic carbocycles. The van der Waals surface area contributed by atoms with Crippen LogP contribution < -0.4 is 10.6 Å². The van der Waals surface area contributed by atoms with Gasteiger partial charge < -0.3 is 15.7 Å². The standard InChI is InChI=1S/C13H26N2O2/c1-13(2,3)11(7-9-16)15-10-6-4-5-8-14-12(10)17/h10-11,15-16H,4-9H2,1-3H3,(H,14,17). The minimum absolute atomic E-state index is 0.0509. The van der Waals surface area contributed by atoms with Crippen molar-refractivity contribution in [2.24, 2.45) is 5.41 Å². The van der Waals surface area contributed by atoms with Crippen LogP contribution in [0.3, 0.4) is 0 Å². The highest BCUT2D eigenvalue weighted by Gasteiger charge is 2.29. The summed E-state index contributed by atoms with van der Waals surface area (Å²) in [5.41, 5.74) is 0.0509. The Balaban J connectivity index is 2.61. The molecule has 1 amide bonds. The Labute approximate surface area is 104 Å². The molecule has 0 spiro atoms. The number of aliphatic hydroxyl groups excluding tert-OH is 1. The second kappa shape index (κ2) is 6.36. The molecule has 2 atom stereocenters. The van der Waals surface area contributed by atoms with Gasteiger partial charge in [-0.3, -0.25) is 4.79 Å². The summed E-state index contributed by atoms with van der Waals surface area (Å²) in [4.78, 5) is 11.8. The van der Waals surface area contributed by atoms with Gasteiger partial charge in [0.1, 0.15) is 0 Å². The average molecular weight is 242 g/mol. The van der Waals surface area contributed by atoms with Gasteiger partial charge in [0, 0.05) is 19.2 Å². The Hall–Kier alpha value is -0.610. The van der Waals surface area contributed by atoms with Crippen molar-refractivity contribution in [1.82, 2.24) is 10.6 Å². The lowest BCUT2D eigenvalue weighted by atomic mass is 9.84. The molecule has 0 radical (unpaired) electrons. The van der Waals surface area contributed by atoms with Gasteiger partial charge in [-0.25, -0.2) is 0 Å². The van der Waals surface area contributed by atoms with Crippen LogP contribution in [0, 0.1) is 5.41 Å². The minimum Gasteiger partial charge on any atom is -0.396 e. The third-order valence-electron chi connectivity index (χ3n) is 3.40. The maximum Gasteiger partial charge on any atom is 0.237 e. The number of carbonyl (C=O) groups is 1. The predicted molar refractivity (Wildman–Crippen MR) is 68.7 cm³/mol. The van der Waals surface area contributed by atoms with E-state index < -0.39 is 0 Å². The van der Waals surface area contributed by atoms with Gasteiger partial charge in [0.2, 0.25) is 5.91 Å². The van der Waals surface area contributed by atoms with Crippen molar-refractivity contribution in [3.63, 3.8) is 0 Å². The second-order valence-electron chi connectivity index (χ2n) is 5.94. The van der Waals surface area contributed by atoms with Crippen LogP contribution >= 0.6 is 0 Å². The highest BCUT2D eigenvalue weighted by molar-refractivity contribution is 5.81. The van der Waals surface area contributed by atoms with Crippen LogP contribution in [0.5, 0.6) is 0 Å². The first-order valence-electron chi connectivity index (χ1n) is 6.60. The summed E-state index contributed by atoms with van der Waals surface area (Å²) >= 11 is 0. The van der Waals surface area contributed by atoms with E-state index in [1.54, 1.807) is 0 Å². The number of aliphatic hydroxyl groups is 1. The predicted octanol–water partition coefficient (Wildman–Crippen LogP) is 1.04. The van der Waals surface area contributed by atoms with Gasteiger partial charge in [-0.1, -0.05) is 20.8 Å². The summed E-state index contributed by atoms with van der Waals surface area (Å²) in [5, 5.41) is 15.5. The summed E-state index contributed by atoms with van der Waals surface area (Å²) in [6.07, 6.45) is 3.72. The van der Waals surface area contributed by atoms with Crippen molar-refractivity contribution in [3.8, 4) is 0 Å². The molecule has 1 aliphatic rings. The van der Waals surface area contributed by atoms with Crippen LogP contribution in [-0.2, 0) is 4.79 Å². The highest BCUT2D eigenvalue weighted by Crippen LogP contribution is 2.23. The summed E-state index contributed by atoms with van der Waals surface area (Å²) in [5.74, 6) is 0.106. The molecule has 100 valence electrons. The molecular weight excluding hydrogens is 216 g/mol. The Kier molecular flexibility index (Phi) is 5.40. The van der Waals surface area contributed by atoms with Crippen molar-refractivity contribution in [3.05, 3.63) is 0 Å². The smallest absolute Gasteiger partial charge is 0.237 e. The van der Waals surface area contributed by atoms with E-state index in [-0.39, 0.29) is 30.0 Å². The molecular formula is C13H26N2O2. The van der Waals surface area contributed by atoms with Crippen molar-refractivity contribution in [1.29, 1.82) is 0 Å². The van der Waals surface area contributed by atoms with Crippen LogP contribution in [0.2, 0.25) is 0 Å².